The Morgan fingerprint density at radius 3 is 2.38 bits per heavy atom. The highest BCUT2D eigenvalue weighted by molar-refractivity contribution is 5.47. The molecule has 0 aliphatic heterocycles. The van der Waals surface area contributed by atoms with Crippen LogP contribution in [0.2, 0.25) is 0 Å². The van der Waals surface area contributed by atoms with Crippen LogP contribution in [0.5, 0.6) is 11.5 Å². The van der Waals surface area contributed by atoms with E-state index in [1.807, 2.05) is 6.07 Å². The van der Waals surface area contributed by atoms with Gasteiger partial charge < -0.3 is 14.8 Å². The minimum atomic E-state index is 0.521. The molecule has 2 unspecified atom stereocenters. The molecule has 1 aliphatic rings. The highest BCUT2D eigenvalue weighted by atomic mass is 16.5. The first-order valence-electron chi connectivity index (χ1n) is 8.24. The standard InChI is InChI=1S/C18H29NO2/c1-4-12-19-15-9-6-5-8-14(13-15)18-16(20-2)10-7-11-17(18)21-3/h7,10-11,14-15,19H,4-6,8-9,12-13H2,1-3H3. The van der Waals surface area contributed by atoms with Crippen molar-refractivity contribution in [1.29, 1.82) is 0 Å². The fourth-order valence-corrected chi connectivity index (χ4v) is 3.44. The van der Waals surface area contributed by atoms with Gasteiger partial charge in [0.25, 0.3) is 0 Å². The second-order valence-corrected chi connectivity index (χ2v) is 5.94. The molecule has 1 aliphatic carbocycles. The van der Waals surface area contributed by atoms with Crippen LogP contribution in [0.25, 0.3) is 0 Å². The predicted octanol–water partition coefficient (Wildman–Crippen LogP) is 4.12. The van der Waals surface area contributed by atoms with E-state index in [2.05, 4.69) is 24.4 Å². The Hall–Kier alpha value is -1.22. The second kappa shape index (κ2) is 8.28. The Morgan fingerprint density at radius 2 is 1.76 bits per heavy atom. The van der Waals surface area contributed by atoms with Gasteiger partial charge in [0, 0.05) is 11.6 Å². The Bertz CT molecular complexity index is 411. The van der Waals surface area contributed by atoms with Crippen molar-refractivity contribution in [3.63, 3.8) is 0 Å². The molecule has 3 nitrogen and oxygen atoms in total. The van der Waals surface area contributed by atoms with Gasteiger partial charge in [-0.2, -0.15) is 0 Å². The summed E-state index contributed by atoms with van der Waals surface area (Å²) in [6.07, 6.45) is 7.48. The van der Waals surface area contributed by atoms with Crippen molar-refractivity contribution < 1.29 is 9.47 Å². The number of ether oxygens (including phenoxy) is 2. The van der Waals surface area contributed by atoms with Gasteiger partial charge in [-0.05, 0) is 50.3 Å². The fourth-order valence-electron chi connectivity index (χ4n) is 3.44. The summed E-state index contributed by atoms with van der Waals surface area (Å²) >= 11 is 0. The highest BCUT2D eigenvalue weighted by Crippen LogP contribution is 2.41. The third kappa shape index (κ3) is 4.13. The van der Waals surface area contributed by atoms with Gasteiger partial charge in [0.15, 0.2) is 0 Å². The van der Waals surface area contributed by atoms with Gasteiger partial charge in [0.2, 0.25) is 0 Å². The molecule has 0 radical (unpaired) electrons. The fraction of sp³-hybridized carbons (Fsp3) is 0.667. The number of hydrogen-bond donors (Lipinski definition) is 1. The van der Waals surface area contributed by atoms with Crippen LogP contribution in [0.1, 0.15) is 56.9 Å². The Kier molecular flexibility index (Phi) is 6.37. The number of rotatable bonds is 6. The van der Waals surface area contributed by atoms with E-state index < -0.39 is 0 Å². The molecular formula is C18H29NO2. The summed E-state index contributed by atoms with van der Waals surface area (Å²) in [4.78, 5) is 0. The van der Waals surface area contributed by atoms with E-state index >= 15 is 0 Å². The maximum Gasteiger partial charge on any atom is 0.126 e. The quantitative estimate of drug-likeness (QED) is 0.800. The monoisotopic (exact) mass is 291 g/mol. The summed E-state index contributed by atoms with van der Waals surface area (Å²) in [6.45, 7) is 3.34. The summed E-state index contributed by atoms with van der Waals surface area (Å²) < 4.78 is 11.2. The first-order valence-corrected chi connectivity index (χ1v) is 8.24. The zero-order chi connectivity index (χ0) is 15.1. The van der Waals surface area contributed by atoms with Crippen molar-refractivity contribution in [2.24, 2.45) is 0 Å². The number of hydrogen-bond acceptors (Lipinski definition) is 3. The largest absolute Gasteiger partial charge is 0.496 e. The predicted molar refractivity (Wildman–Crippen MR) is 87.5 cm³/mol. The van der Waals surface area contributed by atoms with E-state index in [1.165, 1.54) is 44.1 Å². The van der Waals surface area contributed by atoms with E-state index in [9.17, 15) is 0 Å². The van der Waals surface area contributed by atoms with Gasteiger partial charge in [-0.1, -0.05) is 25.8 Å². The zero-order valence-corrected chi connectivity index (χ0v) is 13.7. The summed E-state index contributed by atoms with van der Waals surface area (Å²) in [5.74, 6) is 2.46. The number of methoxy groups -OCH3 is 2. The zero-order valence-electron chi connectivity index (χ0n) is 13.7. The molecule has 0 amide bonds. The molecule has 0 aromatic heterocycles. The smallest absolute Gasteiger partial charge is 0.126 e. The molecule has 0 spiro atoms. The van der Waals surface area contributed by atoms with Crippen molar-refractivity contribution in [3.05, 3.63) is 23.8 Å². The van der Waals surface area contributed by atoms with Gasteiger partial charge in [-0.25, -0.2) is 0 Å². The lowest BCUT2D eigenvalue weighted by molar-refractivity contribution is 0.367. The normalized spacial score (nSPS) is 22.6. The molecule has 1 aromatic carbocycles. The maximum atomic E-state index is 5.60. The Balaban J connectivity index is 2.22. The molecule has 2 atom stereocenters. The third-order valence-corrected chi connectivity index (χ3v) is 4.48. The minimum absolute atomic E-state index is 0.521. The number of nitrogens with one attached hydrogen (secondary N) is 1. The van der Waals surface area contributed by atoms with Gasteiger partial charge >= 0.3 is 0 Å². The lowest BCUT2D eigenvalue weighted by atomic mass is 9.89. The Labute approximate surface area is 129 Å². The van der Waals surface area contributed by atoms with Crippen LogP contribution < -0.4 is 14.8 Å². The molecule has 0 bridgehead atoms. The van der Waals surface area contributed by atoms with Crippen LogP contribution in [0, 0.1) is 0 Å². The molecule has 1 N–H and O–H groups in total. The lowest BCUT2D eigenvalue weighted by Gasteiger charge is -2.24. The first-order chi connectivity index (χ1) is 10.3. The molecule has 1 saturated carbocycles. The van der Waals surface area contributed by atoms with Crippen molar-refractivity contribution in [3.8, 4) is 11.5 Å². The van der Waals surface area contributed by atoms with E-state index in [1.54, 1.807) is 14.2 Å². The molecule has 118 valence electrons. The average Bonchev–Trinajstić information content (AvgIpc) is 2.77. The van der Waals surface area contributed by atoms with Crippen LogP contribution in [0.15, 0.2) is 18.2 Å². The average molecular weight is 291 g/mol. The molecule has 3 heteroatoms. The van der Waals surface area contributed by atoms with Gasteiger partial charge in [0.05, 0.1) is 14.2 Å². The maximum absolute atomic E-state index is 5.60. The van der Waals surface area contributed by atoms with Crippen LogP contribution >= 0.6 is 0 Å². The summed E-state index contributed by atoms with van der Waals surface area (Å²) in [5.41, 5.74) is 1.26. The van der Waals surface area contributed by atoms with Gasteiger partial charge in [-0.15, -0.1) is 0 Å². The molecule has 1 fully saturated rings. The van der Waals surface area contributed by atoms with Crippen LogP contribution in [-0.4, -0.2) is 26.8 Å². The van der Waals surface area contributed by atoms with E-state index in [0.717, 1.165) is 18.0 Å². The van der Waals surface area contributed by atoms with Crippen molar-refractivity contribution in [2.75, 3.05) is 20.8 Å². The van der Waals surface area contributed by atoms with Crippen LogP contribution in [0.4, 0.5) is 0 Å². The van der Waals surface area contributed by atoms with Crippen LogP contribution in [-0.2, 0) is 0 Å². The first kappa shape index (κ1) is 16.2. The molecule has 1 aromatic rings. The molecular weight excluding hydrogens is 262 g/mol. The number of benzene rings is 1. The second-order valence-electron chi connectivity index (χ2n) is 5.94. The summed E-state index contributed by atoms with van der Waals surface area (Å²) in [6, 6.07) is 6.73. The molecule has 21 heavy (non-hydrogen) atoms. The van der Waals surface area contributed by atoms with Crippen LogP contribution in [0.3, 0.4) is 0 Å². The van der Waals surface area contributed by atoms with Crippen molar-refractivity contribution in [1.82, 2.24) is 5.32 Å². The van der Waals surface area contributed by atoms with E-state index in [4.69, 9.17) is 9.47 Å². The minimum Gasteiger partial charge on any atom is -0.496 e. The van der Waals surface area contributed by atoms with Gasteiger partial charge in [-0.3, -0.25) is 0 Å². The third-order valence-electron chi connectivity index (χ3n) is 4.48. The SMILES string of the molecule is CCCNC1CCCCC(c2c(OC)cccc2OC)C1. The molecule has 2 rings (SSSR count). The highest BCUT2D eigenvalue weighted by Gasteiger charge is 2.26. The lowest BCUT2D eigenvalue weighted by Crippen LogP contribution is -2.30. The van der Waals surface area contributed by atoms with Gasteiger partial charge in [0.1, 0.15) is 11.5 Å². The van der Waals surface area contributed by atoms with Crippen molar-refractivity contribution >= 4 is 0 Å². The van der Waals surface area contributed by atoms with E-state index in [-0.39, 0.29) is 0 Å². The molecule has 0 heterocycles. The van der Waals surface area contributed by atoms with E-state index in [0.29, 0.717) is 12.0 Å². The Morgan fingerprint density at radius 1 is 1.10 bits per heavy atom. The summed E-state index contributed by atoms with van der Waals surface area (Å²) in [5, 5.41) is 3.70. The molecule has 0 saturated heterocycles. The van der Waals surface area contributed by atoms with Crippen molar-refractivity contribution in [2.45, 2.75) is 57.4 Å². The topological polar surface area (TPSA) is 30.5 Å². The summed E-state index contributed by atoms with van der Waals surface area (Å²) in [7, 11) is 3.50.